The molecular weight excluding hydrogens is 379 g/mol. The molecule has 0 spiro atoms. The summed E-state index contributed by atoms with van der Waals surface area (Å²) in [5, 5.41) is 15.6. The van der Waals surface area contributed by atoms with Gasteiger partial charge in [0.05, 0.1) is 12.5 Å². The second-order valence-electron chi connectivity index (χ2n) is 4.60. The number of rotatable bonds is 4. The van der Waals surface area contributed by atoms with Crippen LogP contribution in [-0.2, 0) is 11.2 Å². The lowest BCUT2D eigenvalue weighted by atomic mass is 10.1. The predicted molar refractivity (Wildman–Crippen MR) is 85.5 cm³/mol. The predicted octanol–water partition coefficient (Wildman–Crippen LogP) is 0.952. The molecule has 4 nitrogen and oxygen atoms in total. The van der Waals surface area contributed by atoms with Crippen molar-refractivity contribution in [3.63, 3.8) is 0 Å². The highest BCUT2D eigenvalue weighted by atomic mass is 127. The number of halogens is 2. The largest absolute Gasteiger partial charge is 0.391 e. The van der Waals surface area contributed by atoms with Gasteiger partial charge in [-0.05, 0) is 40.3 Å². The maximum absolute atomic E-state index is 11.8. The Kier molecular flexibility index (Phi) is 7.06. The summed E-state index contributed by atoms with van der Waals surface area (Å²) in [5.74, 6) is 0.140. The van der Waals surface area contributed by atoms with Gasteiger partial charge in [-0.25, -0.2) is 0 Å². The SMILES string of the molecule is Cl.O=C(Cc1cccc(I)c1)NCC1CNCC1O. The molecule has 2 unspecified atom stereocenters. The number of hydrogen-bond donors (Lipinski definition) is 3. The van der Waals surface area contributed by atoms with Gasteiger partial charge in [-0.2, -0.15) is 0 Å². The van der Waals surface area contributed by atoms with Crippen LogP contribution in [0.15, 0.2) is 24.3 Å². The number of β-amino-alcohol motifs (C(OH)–C–C–N with tert-alkyl or cyclic N) is 1. The van der Waals surface area contributed by atoms with Crippen LogP contribution in [0.2, 0.25) is 0 Å². The molecule has 1 heterocycles. The second-order valence-corrected chi connectivity index (χ2v) is 5.84. The lowest BCUT2D eigenvalue weighted by molar-refractivity contribution is -0.120. The summed E-state index contributed by atoms with van der Waals surface area (Å²) in [7, 11) is 0. The molecule has 0 aliphatic carbocycles. The van der Waals surface area contributed by atoms with Crippen molar-refractivity contribution in [2.75, 3.05) is 19.6 Å². The summed E-state index contributed by atoms with van der Waals surface area (Å²) in [6.07, 6.45) is 0.0514. The molecule has 3 N–H and O–H groups in total. The van der Waals surface area contributed by atoms with Gasteiger partial charge in [-0.15, -0.1) is 12.4 Å². The number of nitrogens with one attached hydrogen (secondary N) is 2. The molecule has 1 fully saturated rings. The number of aliphatic hydroxyl groups excluding tert-OH is 1. The van der Waals surface area contributed by atoms with Gasteiger partial charge in [0.25, 0.3) is 0 Å². The molecule has 0 aromatic heterocycles. The van der Waals surface area contributed by atoms with E-state index >= 15 is 0 Å². The van der Waals surface area contributed by atoms with E-state index in [2.05, 4.69) is 33.2 Å². The summed E-state index contributed by atoms with van der Waals surface area (Å²) in [6, 6.07) is 7.91. The average Bonchev–Trinajstić information content (AvgIpc) is 2.72. The third-order valence-corrected chi connectivity index (χ3v) is 3.79. The average molecular weight is 397 g/mol. The molecule has 19 heavy (non-hydrogen) atoms. The van der Waals surface area contributed by atoms with E-state index in [9.17, 15) is 9.90 Å². The standard InChI is InChI=1S/C13H17IN2O2.ClH/c14-11-3-1-2-9(4-11)5-13(18)16-7-10-6-15-8-12(10)17;/h1-4,10,12,15,17H,5-8H2,(H,16,18);1H. The third kappa shape index (κ3) is 5.25. The molecular formula is C13H18ClIN2O2. The van der Waals surface area contributed by atoms with Crippen molar-refractivity contribution in [3.8, 4) is 0 Å². The molecule has 2 rings (SSSR count). The fourth-order valence-corrected chi connectivity index (χ4v) is 2.67. The Hall–Kier alpha value is -0.370. The minimum absolute atomic E-state index is 0. The first-order valence-electron chi connectivity index (χ1n) is 6.05. The maximum atomic E-state index is 11.8. The van der Waals surface area contributed by atoms with Crippen LogP contribution in [0.1, 0.15) is 5.56 Å². The fourth-order valence-electron chi connectivity index (χ4n) is 2.07. The van der Waals surface area contributed by atoms with Crippen molar-refractivity contribution in [2.24, 2.45) is 5.92 Å². The van der Waals surface area contributed by atoms with Gasteiger partial charge in [-0.1, -0.05) is 12.1 Å². The first kappa shape index (κ1) is 16.7. The van der Waals surface area contributed by atoms with E-state index in [1.165, 1.54) is 0 Å². The van der Waals surface area contributed by atoms with E-state index in [1.54, 1.807) is 0 Å². The van der Waals surface area contributed by atoms with Crippen molar-refractivity contribution in [1.29, 1.82) is 0 Å². The molecule has 0 radical (unpaired) electrons. The summed E-state index contributed by atoms with van der Waals surface area (Å²) < 4.78 is 1.13. The van der Waals surface area contributed by atoms with Gasteiger partial charge in [0.2, 0.25) is 5.91 Å². The van der Waals surface area contributed by atoms with Crippen LogP contribution in [0, 0.1) is 9.49 Å². The molecule has 6 heteroatoms. The molecule has 1 aliphatic heterocycles. The summed E-state index contributed by atoms with van der Waals surface area (Å²) in [6.45, 7) is 1.93. The minimum Gasteiger partial charge on any atom is -0.391 e. The van der Waals surface area contributed by atoms with E-state index in [1.807, 2.05) is 24.3 Å². The van der Waals surface area contributed by atoms with Crippen molar-refractivity contribution >= 4 is 40.9 Å². The van der Waals surface area contributed by atoms with E-state index in [0.717, 1.165) is 15.7 Å². The summed E-state index contributed by atoms with van der Waals surface area (Å²) >= 11 is 2.23. The summed E-state index contributed by atoms with van der Waals surface area (Å²) in [5.41, 5.74) is 1.02. The second kappa shape index (κ2) is 8.04. The Morgan fingerprint density at radius 3 is 2.89 bits per heavy atom. The highest BCUT2D eigenvalue weighted by Gasteiger charge is 2.24. The minimum atomic E-state index is -0.344. The van der Waals surface area contributed by atoms with Gasteiger partial charge in [-0.3, -0.25) is 4.79 Å². The first-order valence-corrected chi connectivity index (χ1v) is 7.13. The van der Waals surface area contributed by atoms with Crippen LogP contribution in [0.25, 0.3) is 0 Å². The number of carbonyl (C=O) groups is 1. The Morgan fingerprint density at radius 2 is 2.26 bits per heavy atom. The Labute approximate surface area is 132 Å². The van der Waals surface area contributed by atoms with Crippen LogP contribution in [-0.4, -0.2) is 36.8 Å². The Balaban J connectivity index is 0.00000180. The van der Waals surface area contributed by atoms with E-state index < -0.39 is 0 Å². The zero-order valence-electron chi connectivity index (χ0n) is 10.4. The Morgan fingerprint density at radius 1 is 1.47 bits per heavy atom. The fraction of sp³-hybridized carbons (Fsp3) is 0.462. The topological polar surface area (TPSA) is 61.4 Å². The van der Waals surface area contributed by atoms with Gasteiger partial charge in [0, 0.05) is 29.1 Å². The number of carbonyl (C=O) groups excluding carboxylic acids is 1. The highest BCUT2D eigenvalue weighted by Crippen LogP contribution is 2.09. The van der Waals surface area contributed by atoms with Crippen molar-refractivity contribution in [1.82, 2.24) is 10.6 Å². The zero-order chi connectivity index (χ0) is 13.0. The number of hydrogen-bond acceptors (Lipinski definition) is 3. The lowest BCUT2D eigenvalue weighted by Gasteiger charge is -2.14. The van der Waals surface area contributed by atoms with Gasteiger partial charge in [0.1, 0.15) is 0 Å². The number of benzene rings is 1. The lowest BCUT2D eigenvalue weighted by Crippen LogP contribution is -2.35. The van der Waals surface area contributed by atoms with Crippen LogP contribution >= 0.6 is 35.0 Å². The molecule has 0 saturated carbocycles. The third-order valence-electron chi connectivity index (χ3n) is 3.12. The van der Waals surface area contributed by atoms with Crippen LogP contribution in [0.4, 0.5) is 0 Å². The Bertz CT molecular complexity index is 431. The van der Waals surface area contributed by atoms with Crippen molar-refractivity contribution in [3.05, 3.63) is 33.4 Å². The van der Waals surface area contributed by atoms with Gasteiger partial charge >= 0.3 is 0 Å². The normalized spacial score (nSPS) is 21.8. The number of amides is 1. The molecule has 2 atom stereocenters. The smallest absolute Gasteiger partial charge is 0.224 e. The molecule has 1 saturated heterocycles. The quantitative estimate of drug-likeness (QED) is 0.664. The maximum Gasteiger partial charge on any atom is 0.224 e. The molecule has 0 bridgehead atoms. The highest BCUT2D eigenvalue weighted by molar-refractivity contribution is 14.1. The number of aliphatic hydroxyl groups is 1. The van der Waals surface area contributed by atoms with Gasteiger partial charge < -0.3 is 15.7 Å². The first-order chi connectivity index (χ1) is 8.65. The van der Waals surface area contributed by atoms with Crippen LogP contribution in [0.3, 0.4) is 0 Å². The summed E-state index contributed by atoms with van der Waals surface area (Å²) in [4.78, 5) is 11.8. The van der Waals surface area contributed by atoms with Crippen LogP contribution < -0.4 is 10.6 Å². The molecule has 1 amide bonds. The zero-order valence-corrected chi connectivity index (χ0v) is 13.4. The molecule has 1 aromatic carbocycles. The molecule has 1 aromatic rings. The van der Waals surface area contributed by atoms with Crippen LogP contribution in [0.5, 0.6) is 0 Å². The van der Waals surface area contributed by atoms with E-state index in [-0.39, 0.29) is 30.3 Å². The van der Waals surface area contributed by atoms with E-state index in [0.29, 0.717) is 19.5 Å². The monoisotopic (exact) mass is 396 g/mol. The van der Waals surface area contributed by atoms with E-state index in [4.69, 9.17) is 0 Å². The van der Waals surface area contributed by atoms with Crippen molar-refractivity contribution in [2.45, 2.75) is 12.5 Å². The molecule has 1 aliphatic rings. The molecule has 106 valence electrons. The van der Waals surface area contributed by atoms with Crippen molar-refractivity contribution < 1.29 is 9.90 Å². The van der Waals surface area contributed by atoms with Gasteiger partial charge in [0.15, 0.2) is 0 Å².